The van der Waals surface area contributed by atoms with Crippen LogP contribution in [0.1, 0.15) is 18.4 Å². The average Bonchev–Trinajstić information content (AvgIpc) is 2.73. The molecular formula is C16H25N3O. The molecule has 1 heterocycles. The fraction of sp³-hybridized carbons (Fsp3) is 0.562. The molecular weight excluding hydrogens is 250 g/mol. The molecule has 0 bridgehead atoms. The van der Waals surface area contributed by atoms with Crippen molar-refractivity contribution >= 4 is 5.91 Å². The van der Waals surface area contributed by atoms with Gasteiger partial charge in [-0.05, 0) is 37.9 Å². The molecule has 4 nitrogen and oxygen atoms in total. The molecule has 2 N–H and O–H groups in total. The molecule has 110 valence electrons. The Labute approximate surface area is 121 Å². The van der Waals surface area contributed by atoms with E-state index in [9.17, 15) is 4.79 Å². The summed E-state index contributed by atoms with van der Waals surface area (Å²) in [6, 6.07) is 10.4. The van der Waals surface area contributed by atoms with Crippen LogP contribution in [0, 0.1) is 0 Å². The van der Waals surface area contributed by atoms with Gasteiger partial charge >= 0.3 is 0 Å². The Morgan fingerprint density at radius 2 is 2.05 bits per heavy atom. The Balaban J connectivity index is 1.58. The number of amides is 1. The third-order valence-corrected chi connectivity index (χ3v) is 3.61. The molecule has 1 aromatic rings. The van der Waals surface area contributed by atoms with Crippen molar-refractivity contribution in [3.63, 3.8) is 0 Å². The summed E-state index contributed by atoms with van der Waals surface area (Å²) < 4.78 is 0. The van der Waals surface area contributed by atoms with Crippen LogP contribution in [0.5, 0.6) is 0 Å². The SMILES string of the molecule is O=C(CN1CCCNCC1)NCCCc1ccccc1. The van der Waals surface area contributed by atoms with Gasteiger partial charge in [-0.25, -0.2) is 0 Å². The lowest BCUT2D eigenvalue weighted by Crippen LogP contribution is -2.39. The molecule has 0 unspecified atom stereocenters. The highest BCUT2D eigenvalue weighted by atomic mass is 16.2. The van der Waals surface area contributed by atoms with Gasteiger partial charge in [0.05, 0.1) is 6.54 Å². The summed E-state index contributed by atoms with van der Waals surface area (Å²) in [5.74, 6) is 0.153. The number of nitrogens with one attached hydrogen (secondary N) is 2. The lowest BCUT2D eigenvalue weighted by atomic mass is 10.1. The van der Waals surface area contributed by atoms with Crippen LogP contribution < -0.4 is 10.6 Å². The molecule has 2 rings (SSSR count). The summed E-state index contributed by atoms with van der Waals surface area (Å²) in [4.78, 5) is 14.1. The zero-order valence-corrected chi connectivity index (χ0v) is 12.1. The molecule has 20 heavy (non-hydrogen) atoms. The first-order chi connectivity index (χ1) is 9.84. The van der Waals surface area contributed by atoms with Gasteiger partial charge in [-0.1, -0.05) is 30.3 Å². The molecule has 4 heteroatoms. The van der Waals surface area contributed by atoms with Crippen molar-refractivity contribution in [1.29, 1.82) is 0 Å². The predicted octanol–water partition coefficient (Wildman–Crippen LogP) is 1.03. The Morgan fingerprint density at radius 1 is 1.20 bits per heavy atom. The topological polar surface area (TPSA) is 44.4 Å². The van der Waals surface area contributed by atoms with Crippen LogP contribution in [0.25, 0.3) is 0 Å². The standard InChI is InChI=1S/C16H25N3O/c20-16(14-19-12-5-9-17-11-13-19)18-10-4-8-15-6-2-1-3-7-15/h1-3,6-7,17H,4-5,8-14H2,(H,18,20). The van der Waals surface area contributed by atoms with Crippen molar-refractivity contribution < 1.29 is 4.79 Å². The maximum atomic E-state index is 11.9. The predicted molar refractivity (Wildman–Crippen MR) is 81.7 cm³/mol. The van der Waals surface area contributed by atoms with E-state index in [0.717, 1.165) is 52.0 Å². The van der Waals surface area contributed by atoms with E-state index in [4.69, 9.17) is 0 Å². The Kier molecular flexibility index (Phi) is 6.54. The highest BCUT2D eigenvalue weighted by Gasteiger charge is 2.11. The Bertz CT molecular complexity index is 386. The van der Waals surface area contributed by atoms with Crippen LogP contribution in [-0.2, 0) is 11.2 Å². The summed E-state index contributed by atoms with van der Waals surface area (Å²) in [7, 11) is 0. The number of carbonyl (C=O) groups is 1. The van der Waals surface area contributed by atoms with Crippen LogP contribution in [0.4, 0.5) is 0 Å². The maximum absolute atomic E-state index is 11.9. The molecule has 1 aromatic carbocycles. The van der Waals surface area contributed by atoms with Crippen LogP contribution in [-0.4, -0.2) is 50.1 Å². The molecule has 1 fully saturated rings. The summed E-state index contributed by atoms with van der Waals surface area (Å²) in [6.07, 6.45) is 3.15. The second-order valence-electron chi connectivity index (χ2n) is 5.32. The van der Waals surface area contributed by atoms with Crippen molar-refractivity contribution in [2.24, 2.45) is 0 Å². The number of nitrogens with zero attached hydrogens (tertiary/aromatic N) is 1. The zero-order chi connectivity index (χ0) is 14.0. The smallest absolute Gasteiger partial charge is 0.234 e. The molecule has 1 aliphatic heterocycles. The van der Waals surface area contributed by atoms with Gasteiger partial charge in [-0.2, -0.15) is 0 Å². The fourth-order valence-electron chi connectivity index (χ4n) is 2.48. The summed E-state index contributed by atoms with van der Waals surface area (Å²) in [5, 5.41) is 6.37. The molecule has 1 amide bonds. The number of hydrogen-bond donors (Lipinski definition) is 2. The van der Waals surface area contributed by atoms with E-state index >= 15 is 0 Å². The van der Waals surface area contributed by atoms with E-state index in [-0.39, 0.29) is 5.91 Å². The van der Waals surface area contributed by atoms with E-state index < -0.39 is 0 Å². The molecule has 1 saturated heterocycles. The van der Waals surface area contributed by atoms with Crippen molar-refractivity contribution in [1.82, 2.24) is 15.5 Å². The minimum absolute atomic E-state index is 0.153. The van der Waals surface area contributed by atoms with Gasteiger partial charge in [0.25, 0.3) is 0 Å². The van der Waals surface area contributed by atoms with Gasteiger partial charge in [-0.15, -0.1) is 0 Å². The van der Waals surface area contributed by atoms with Crippen molar-refractivity contribution in [3.8, 4) is 0 Å². The van der Waals surface area contributed by atoms with E-state index in [2.05, 4.69) is 39.8 Å². The lowest BCUT2D eigenvalue weighted by Gasteiger charge is -2.18. The third kappa shape index (κ3) is 5.72. The number of carbonyl (C=O) groups excluding carboxylic acids is 1. The van der Waals surface area contributed by atoms with E-state index in [1.165, 1.54) is 5.56 Å². The molecule has 0 saturated carbocycles. The number of rotatable bonds is 6. The molecule has 0 aromatic heterocycles. The van der Waals surface area contributed by atoms with Gasteiger partial charge < -0.3 is 10.6 Å². The van der Waals surface area contributed by atoms with Gasteiger partial charge in [0.1, 0.15) is 0 Å². The van der Waals surface area contributed by atoms with Crippen molar-refractivity contribution in [2.45, 2.75) is 19.3 Å². The van der Waals surface area contributed by atoms with Gasteiger partial charge in [-0.3, -0.25) is 9.69 Å². The first kappa shape index (κ1) is 15.0. The first-order valence-corrected chi connectivity index (χ1v) is 7.58. The Morgan fingerprint density at radius 3 is 2.90 bits per heavy atom. The molecule has 0 atom stereocenters. The fourth-order valence-corrected chi connectivity index (χ4v) is 2.48. The van der Waals surface area contributed by atoms with Crippen molar-refractivity contribution in [3.05, 3.63) is 35.9 Å². The minimum atomic E-state index is 0.153. The van der Waals surface area contributed by atoms with Gasteiger partial charge in [0.2, 0.25) is 5.91 Å². The van der Waals surface area contributed by atoms with Gasteiger partial charge in [0.15, 0.2) is 0 Å². The third-order valence-electron chi connectivity index (χ3n) is 3.61. The zero-order valence-electron chi connectivity index (χ0n) is 12.1. The monoisotopic (exact) mass is 275 g/mol. The highest BCUT2D eigenvalue weighted by molar-refractivity contribution is 5.77. The second kappa shape index (κ2) is 8.72. The number of benzene rings is 1. The van der Waals surface area contributed by atoms with Gasteiger partial charge in [0, 0.05) is 19.6 Å². The van der Waals surface area contributed by atoms with Crippen LogP contribution in [0.2, 0.25) is 0 Å². The minimum Gasteiger partial charge on any atom is -0.355 e. The quantitative estimate of drug-likeness (QED) is 0.762. The van der Waals surface area contributed by atoms with E-state index in [0.29, 0.717) is 6.54 Å². The Hall–Kier alpha value is -1.39. The lowest BCUT2D eigenvalue weighted by molar-refractivity contribution is -0.122. The largest absolute Gasteiger partial charge is 0.355 e. The van der Waals surface area contributed by atoms with Crippen LogP contribution in [0.15, 0.2) is 30.3 Å². The maximum Gasteiger partial charge on any atom is 0.234 e. The van der Waals surface area contributed by atoms with E-state index in [1.807, 2.05) is 6.07 Å². The number of hydrogen-bond acceptors (Lipinski definition) is 3. The summed E-state index contributed by atoms with van der Waals surface area (Å²) in [6.45, 7) is 5.34. The molecule has 0 radical (unpaired) electrons. The summed E-state index contributed by atoms with van der Waals surface area (Å²) in [5.41, 5.74) is 1.33. The number of aryl methyl sites for hydroxylation is 1. The molecule has 0 aliphatic carbocycles. The van der Waals surface area contributed by atoms with E-state index in [1.54, 1.807) is 0 Å². The average molecular weight is 275 g/mol. The highest BCUT2D eigenvalue weighted by Crippen LogP contribution is 2.01. The normalized spacial score (nSPS) is 16.6. The summed E-state index contributed by atoms with van der Waals surface area (Å²) >= 11 is 0. The van der Waals surface area contributed by atoms with Crippen molar-refractivity contribution in [2.75, 3.05) is 39.3 Å². The first-order valence-electron chi connectivity index (χ1n) is 7.58. The van der Waals surface area contributed by atoms with Crippen LogP contribution in [0.3, 0.4) is 0 Å². The molecule has 1 aliphatic rings. The molecule has 0 spiro atoms. The second-order valence-corrected chi connectivity index (χ2v) is 5.32. The van der Waals surface area contributed by atoms with Crippen LogP contribution >= 0.6 is 0 Å².